The van der Waals surface area contributed by atoms with Crippen LogP contribution >= 0.6 is 11.9 Å². The first-order valence-corrected chi connectivity index (χ1v) is 7.54. The summed E-state index contributed by atoms with van der Waals surface area (Å²) < 4.78 is 7.56. The maximum atomic E-state index is 11.7. The zero-order valence-electron chi connectivity index (χ0n) is 10.6. The van der Waals surface area contributed by atoms with Crippen molar-refractivity contribution >= 4 is 17.9 Å². The number of carbonyl (C=O) groups excluding carboxylic acids is 1. The van der Waals surface area contributed by atoms with E-state index in [1.54, 1.807) is 0 Å². The van der Waals surface area contributed by atoms with Gasteiger partial charge in [-0.15, -0.1) is 0 Å². The standard InChI is InChI=1S/C12H22N2O2S/c1-2-10-17-14-7-5-13(6-8-14)11-4-3-9-16-12(11)15/h11H,2-10H2,1H3. The Kier molecular flexibility index (Phi) is 5.13. The van der Waals surface area contributed by atoms with Crippen molar-refractivity contribution in [2.75, 3.05) is 38.5 Å². The number of hydrogen-bond donors (Lipinski definition) is 0. The lowest BCUT2D eigenvalue weighted by Crippen LogP contribution is -2.52. The van der Waals surface area contributed by atoms with Crippen molar-refractivity contribution in [1.82, 2.24) is 9.21 Å². The van der Waals surface area contributed by atoms with Crippen LogP contribution in [0.3, 0.4) is 0 Å². The Morgan fingerprint density at radius 3 is 2.76 bits per heavy atom. The van der Waals surface area contributed by atoms with Crippen molar-refractivity contribution in [2.45, 2.75) is 32.2 Å². The molecule has 1 unspecified atom stereocenters. The first-order valence-electron chi connectivity index (χ1n) is 6.60. The van der Waals surface area contributed by atoms with Gasteiger partial charge < -0.3 is 4.74 Å². The average Bonchev–Trinajstić information content (AvgIpc) is 2.38. The van der Waals surface area contributed by atoms with Crippen LogP contribution in [0.2, 0.25) is 0 Å². The van der Waals surface area contributed by atoms with Gasteiger partial charge in [0, 0.05) is 31.9 Å². The molecule has 0 radical (unpaired) electrons. The molecule has 98 valence electrons. The van der Waals surface area contributed by atoms with Crippen molar-refractivity contribution in [3.8, 4) is 0 Å². The van der Waals surface area contributed by atoms with Gasteiger partial charge in [0.1, 0.15) is 6.04 Å². The van der Waals surface area contributed by atoms with Gasteiger partial charge in [0.15, 0.2) is 0 Å². The quantitative estimate of drug-likeness (QED) is 0.562. The van der Waals surface area contributed by atoms with E-state index >= 15 is 0 Å². The highest BCUT2D eigenvalue weighted by Crippen LogP contribution is 2.20. The Bertz CT molecular complexity index is 255. The molecule has 2 aliphatic heterocycles. The number of nitrogens with zero attached hydrogens (tertiary/aromatic N) is 2. The van der Waals surface area contributed by atoms with E-state index in [9.17, 15) is 4.79 Å². The molecule has 0 saturated carbocycles. The van der Waals surface area contributed by atoms with E-state index in [4.69, 9.17) is 4.74 Å². The molecule has 4 nitrogen and oxygen atoms in total. The smallest absolute Gasteiger partial charge is 0.323 e. The molecule has 2 aliphatic rings. The lowest BCUT2D eigenvalue weighted by molar-refractivity contribution is -0.155. The Morgan fingerprint density at radius 2 is 2.12 bits per heavy atom. The van der Waals surface area contributed by atoms with Crippen LogP contribution < -0.4 is 0 Å². The second-order valence-corrected chi connectivity index (χ2v) is 5.81. The molecule has 0 amide bonds. The number of cyclic esters (lactones) is 1. The van der Waals surface area contributed by atoms with Gasteiger partial charge in [-0.1, -0.05) is 18.9 Å². The van der Waals surface area contributed by atoms with E-state index in [-0.39, 0.29) is 12.0 Å². The lowest BCUT2D eigenvalue weighted by Gasteiger charge is -2.38. The van der Waals surface area contributed by atoms with Gasteiger partial charge in [-0.25, -0.2) is 4.31 Å². The molecular weight excluding hydrogens is 236 g/mol. The average molecular weight is 258 g/mol. The predicted molar refractivity (Wildman–Crippen MR) is 69.9 cm³/mol. The summed E-state index contributed by atoms with van der Waals surface area (Å²) >= 11 is 1.94. The summed E-state index contributed by atoms with van der Waals surface area (Å²) in [6.07, 6.45) is 3.21. The summed E-state index contributed by atoms with van der Waals surface area (Å²) in [6, 6.07) is 0.0297. The van der Waals surface area contributed by atoms with Crippen molar-refractivity contribution in [3.63, 3.8) is 0 Å². The van der Waals surface area contributed by atoms with Crippen LogP contribution in [0.25, 0.3) is 0 Å². The third-order valence-corrected chi connectivity index (χ3v) is 4.65. The number of ether oxygens (including phenoxy) is 1. The topological polar surface area (TPSA) is 32.8 Å². The lowest BCUT2D eigenvalue weighted by atomic mass is 10.1. The van der Waals surface area contributed by atoms with Gasteiger partial charge in [-0.3, -0.25) is 9.69 Å². The fourth-order valence-electron chi connectivity index (χ4n) is 2.36. The van der Waals surface area contributed by atoms with Crippen LogP contribution in [-0.2, 0) is 9.53 Å². The van der Waals surface area contributed by atoms with Crippen molar-refractivity contribution in [1.29, 1.82) is 0 Å². The molecule has 0 N–H and O–H groups in total. The maximum Gasteiger partial charge on any atom is 0.323 e. The first-order chi connectivity index (χ1) is 8.31. The third kappa shape index (κ3) is 3.60. The fourth-order valence-corrected chi connectivity index (χ4v) is 3.22. The van der Waals surface area contributed by atoms with Crippen LogP contribution in [0, 0.1) is 0 Å². The van der Waals surface area contributed by atoms with E-state index in [1.807, 2.05) is 11.9 Å². The minimum atomic E-state index is -0.00842. The summed E-state index contributed by atoms with van der Waals surface area (Å²) in [5.74, 6) is 1.19. The van der Waals surface area contributed by atoms with Crippen molar-refractivity contribution < 1.29 is 9.53 Å². The molecule has 2 heterocycles. The minimum Gasteiger partial charge on any atom is -0.465 e. The van der Waals surface area contributed by atoms with Gasteiger partial charge in [0.2, 0.25) is 0 Å². The summed E-state index contributed by atoms with van der Waals surface area (Å²) in [5, 5.41) is 0. The molecular formula is C12H22N2O2S. The molecule has 0 aromatic rings. The Labute approximate surface area is 108 Å². The number of carbonyl (C=O) groups is 1. The van der Waals surface area contributed by atoms with Gasteiger partial charge in [-0.2, -0.15) is 0 Å². The number of hydrogen-bond acceptors (Lipinski definition) is 5. The summed E-state index contributed by atoms with van der Waals surface area (Å²) in [6.45, 7) is 6.94. The van der Waals surface area contributed by atoms with Crippen LogP contribution in [0.5, 0.6) is 0 Å². The molecule has 2 saturated heterocycles. The van der Waals surface area contributed by atoms with Crippen LogP contribution in [-0.4, -0.2) is 59.8 Å². The Balaban J connectivity index is 1.76. The summed E-state index contributed by atoms with van der Waals surface area (Å²) in [7, 11) is 0. The van der Waals surface area contributed by atoms with E-state index in [0.29, 0.717) is 6.61 Å². The monoisotopic (exact) mass is 258 g/mol. The first kappa shape index (κ1) is 13.2. The molecule has 0 aromatic heterocycles. The Morgan fingerprint density at radius 1 is 1.35 bits per heavy atom. The number of piperazine rings is 1. The van der Waals surface area contributed by atoms with Crippen LogP contribution in [0.4, 0.5) is 0 Å². The largest absolute Gasteiger partial charge is 0.465 e. The van der Waals surface area contributed by atoms with Gasteiger partial charge >= 0.3 is 5.97 Å². The molecule has 0 bridgehead atoms. The summed E-state index contributed by atoms with van der Waals surface area (Å²) in [5.41, 5.74) is 0. The highest BCUT2D eigenvalue weighted by molar-refractivity contribution is 7.97. The van der Waals surface area contributed by atoms with Crippen LogP contribution in [0.15, 0.2) is 0 Å². The zero-order chi connectivity index (χ0) is 12.1. The fraction of sp³-hybridized carbons (Fsp3) is 0.917. The molecule has 0 spiro atoms. The zero-order valence-corrected chi connectivity index (χ0v) is 11.4. The minimum absolute atomic E-state index is 0.00842. The molecule has 0 aliphatic carbocycles. The second-order valence-electron chi connectivity index (χ2n) is 4.62. The normalized spacial score (nSPS) is 28.1. The maximum absolute atomic E-state index is 11.7. The van der Waals surface area contributed by atoms with Gasteiger partial charge in [-0.05, 0) is 19.3 Å². The van der Waals surface area contributed by atoms with E-state index in [1.165, 1.54) is 12.2 Å². The number of esters is 1. The highest BCUT2D eigenvalue weighted by atomic mass is 32.2. The summed E-state index contributed by atoms with van der Waals surface area (Å²) in [4.78, 5) is 14.0. The van der Waals surface area contributed by atoms with E-state index in [0.717, 1.165) is 39.0 Å². The molecule has 5 heteroatoms. The van der Waals surface area contributed by atoms with Crippen LogP contribution in [0.1, 0.15) is 26.2 Å². The molecule has 17 heavy (non-hydrogen) atoms. The molecule has 1 atom stereocenters. The second kappa shape index (κ2) is 6.61. The molecule has 2 rings (SSSR count). The number of rotatable bonds is 4. The van der Waals surface area contributed by atoms with E-state index in [2.05, 4.69) is 16.1 Å². The van der Waals surface area contributed by atoms with Gasteiger partial charge in [0.25, 0.3) is 0 Å². The Hall–Kier alpha value is -0.260. The van der Waals surface area contributed by atoms with Crippen molar-refractivity contribution in [3.05, 3.63) is 0 Å². The molecule has 0 aromatic carbocycles. The molecule has 2 fully saturated rings. The highest BCUT2D eigenvalue weighted by Gasteiger charge is 2.32. The predicted octanol–water partition coefficient (Wildman–Crippen LogP) is 1.37. The van der Waals surface area contributed by atoms with E-state index < -0.39 is 0 Å². The van der Waals surface area contributed by atoms with Gasteiger partial charge in [0.05, 0.1) is 6.61 Å². The van der Waals surface area contributed by atoms with Crippen molar-refractivity contribution in [2.24, 2.45) is 0 Å². The SMILES string of the molecule is CCCSN1CCN(C2CCCOC2=O)CC1. The third-order valence-electron chi connectivity index (χ3n) is 3.33.